The van der Waals surface area contributed by atoms with Crippen LogP contribution in [0.15, 0.2) is 16.9 Å². The minimum absolute atomic E-state index is 0.187. The molecule has 0 atom stereocenters. The Morgan fingerprint density at radius 3 is 2.82 bits per heavy atom. The Kier molecular flexibility index (Phi) is 2.75. The molecule has 0 spiro atoms. The summed E-state index contributed by atoms with van der Waals surface area (Å²) >= 11 is 0. The molecule has 5 heteroatoms. The number of nitrogen functional groups attached to an aromatic ring is 1. The fraction of sp³-hybridized carbons (Fsp3) is 0.333. The first-order chi connectivity index (χ1) is 8.04. The van der Waals surface area contributed by atoms with Crippen LogP contribution in [0.2, 0.25) is 0 Å². The topological polar surface area (TPSA) is 80.9 Å². The normalized spacial score (nSPS) is 10.9. The highest BCUT2D eigenvalue weighted by Crippen LogP contribution is 2.19. The molecule has 3 N–H and O–H groups in total. The Morgan fingerprint density at radius 1 is 1.47 bits per heavy atom. The number of nitrogens with two attached hydrogens (primary N) is 1. The molecule has 2 aromatic rings. The molecule has 90 valence electrons. The van der Waals surface area contributed by atoms with Crippen molar-refractivity contribution in [2.75, 3.05) is 5.73 Å². The molecule has 1 heterocycles. The van der Waals surface area contributed by atoms with Crippen molar-refractivity contribution in [1.82, 2.24) is 9.55 Å². The summed E-state index contributed by atoms with van der Waals surface area (Å²) in [5.41, 5.74) is 8.02. The number of rotatable bonds is 2. The molecule has 0 aliphatic rings. The zero-order chi connectivity index (χ0) is 12.6. The van der Waals surface area contributed by atoms with Crippen molar-refractivity contribution in [1.29, 1.82) is 0 Å². The van der Waals surface area contributed by atoms with Crippen LogP contribution >= 0.6 is 0 Å². The number of H-pyrrole nitrogens is 1. The third-order valence-corrected chi connectivity index (χ3v) is 2.78. The lowest BCUT2D eigenvalue weighted by molar-refractivity contribution is 0.0903. The molecular formula is C12H15N3O2. The molecule has 17 heavy (non-hydrogen) atoms. The van der Waals surface area contributed by atoms with Crippen LogP contribution in [-0.4, -0.2) is 15.5 Å². The molecule has 1 aromatic carbocycles. The molecule has 0 aliphatic carbocycles. The molecule has 0 saturated carbocycles. The number of hydrogen-bond acceptors (Lipinski definition) is 3. The van der Waals surface area contributed by atoms with Crippen molar-refractivity contribution in [2.45, 2.75) is 26.7 Å². The fourth-order valence-corrected chi connectivity index (χ4v) is 1.85. The van der Waals surface area contributed by atoms with Gasteiger partial charge in [-0.15, -0.1) is 0 Å². The van der Waals surface area contributed by atoms with E-state index < -0.39 is 5.69 Å². The van der Waals surface area contributed by atoms with Crippen LogP contribution in [0.5, 0.6) is 0 Å². The van der Waals surface area contributed by atoms with Crippen molar-refractivity contribution >= 4 is 22.6 Å². The van der Waals surface area contributed by atoms with E-state index in [2.05, 4.69) is 4.98 Å². The van der Waals surface area contributed by atoms with Crippen LogP contribution in [0.1, 0.15) is 30.1 Å². The first-order valence-corrected chi connectivity index (χ1v) is 5.58. The lowest BCUT2D eigenvalue weighted by Gasteiger charge is -2.03. The van der Waals surface area contributed by atoms with E-state index in [1.54, 1.807) is 12.1 Å². The van der Waals surface area contributed by atoms with E-state index in [4.69, 9.17) is 5.73 Å². The van der Waals surface area contributed by atoms with Gasteiger partial charge in [-0.3, -0.25) is 4.79 Å². The van der Waals surface area contributed by atoms with Gasteiger partial charge in [-0.2, -0.15) is 0 Å². The summed E-state index contributed by atoms with van der Waals surface area (Å²) in [6, 6.07) is 3.44. The van der Waals surface area contributed by atoms with Gasteiger partial charge in [-0.1, -0.05) is 6.92 Å². The summed E-state index contributed by atoms with van der Waals surface area (Å²) in [4.78, 5) is 26.2. The van der Waals surface area contributed by atoms with E-state index >= 15 is 0 Å². The summed E-state index contributed by atoms with van der Waals surface area (Å²) in [6.45, 7) is 3.75. The van der Waals surface area contributed by atoms with E-state index in [0.29, 0.717) is 29.6 Å². The number of imidazole rings is 1. The van der Waals surface area contributed by atoms with Gasteiger partial charge in [0, 0.05) is 12.1 Å². The number of carbonyl (C=O) groups is 1. The summed E-state index contributed by atoms with van der Waals surface area (Å²) in [7, 11) is 0. The van der Waals surface area contributed by atoms with Crippen LogP contribution < -0.4 is 11.4 Å². The van der Waals surface area contributed by atoms with Gasteiger partial charge in [0.1, 0.15) is 0 Å². The summed E-state index contributed by atoms with van der Waals surface area (Å²) in [5.74, 6) is -0.187. The Labute approximate surface area is 98.2 Å². The van der Waals surface area contributed by atoms with Gasteiger partial charge in [0.15, 0.2) is 0 Å². The van der Waals surface area contributed by atoms with Crippen LogP contribution in [0.4, 0.5) is 5.69 Å². The van der Waals surface area contributed by atoms with Gasteiger partial charge in [0.25, 0.3) is 0 Å². The average molecular weight is 233 g/mol. The smallest absolute Gasteiger partial charge is 0.333 e. The summed E-state index contributed by atoms with van der Waals surface area (Å²) < 4.78 is 1.19. The first kappa shape index (κ1) is 11.4. The Hall–Kier alpha value is -2.04. The minimum Gasteiger partial charge on any atom is -0.398 e. The minimum atomic E-state index is -0.400. The van der Waals surface area contributed by atoms with Gasteiger partial charge in [0.2, 0.25) is 5.91 Å². The van der Waals surface area contributed by atoms with Crippen molar-refractivity contribution in [3.05, 3.63) is 28.2 Å². The van der Waals surface area contributed by atoms with E-state index in [-0.39, 0.29) is 5.91 Å². The second-order valence-corrected chi connectivity index (χ2v) is 4.14. The maximum absolute atomic E-state index is 11.8. The van der Waals surface area contributed by atoms with Gasteiger partial charge in [0.05, 0.1) is 11.0 Å². The number of aromatic amines is 1. The molecule has 0 saturated heterocycles. The maximum Gasteiger partial charge on any atom is 0.333 e. The van der Waals surface area contributed by atoms with E-state index in [1.807, 2.05) is 13.8 Å². The molecule has 0 aliphatic heterocycles. The molecule has 5 nitrogen and oxygen atoms in total. The van der Waals surface area contributed by atoms with Gasteiger partial charge in [-0.25, -0.2) is 9.36 Å². The number of anilines is 1. The zero-order valence-corrected chi connectivity index (χ0v) is 9.91. The molecule has 1 aromatic heterocycles. The molecule has 2 rings (SSSR count). The Bertz CT molecular complexity index is 637. The van der Waals surface area contributed by atoms with Crippen LogP contribution in [0.25, 0.3) is 11.0 Å². The largest absolute Gasteiger partial charge is 0.398 e. The summed E-state index contributed by atoms with van der Waals surface area (Å²) in [6.07, 6.45) is 1.07. The monoisotopic (exact) mass is 233 g/mol. The van der Waals surface area contributed by atoms with Crippen molar-refractivity contribution in [3.8, 4) is 0 Å². The molecule has 0 unspecified atom stereocenters. The maximum atomic E-state index is 11.8. The second-order valence-electron chi connectivity index (χ2n) is 4.14. The van der Waals surface area contributed by atoms with Crippen LogP contribution in [0, 0.1) is 6.92 Å². The van der Waals surface area contributed by atoms with Crippen molar-refractivity contribution < 1.29 is 4.79 Å². The highest BCUT2D eigenvalue weighted by atomic mass is 16.2. The van der Waals surface area contributed by atoms with Gasteiger partial charge in [-0.05, 0) is 31.0 Å². The number of aryl methyl sites for hydroxylation is 1. The predicted octanol–water partition coefficient (Wildman–Crippen LogP) is 1.66. The standard InChI is InChI=1S/C12H15N3O2/c1-3-4-11(16)15-10-5-7(2)8(13)6-9(10)14-12(15)17/h5-6H,3-4,13H2,1-2H3,(H,14,17). The lowest BCUT2D eigenvalue weighted by atomic mass is 10.2. The Morgan fingerprint density at radius 2 is 2.18 bits per heavy atom. The van der Waals surface area contributed by atoms with Gasteiger partial charge >= 0.3 is 5.69 Å². The number of nitrogens with zero attached hydrogens (tertiary/aromatic N) is 1. The highest BCUT2D eigenvalue weighted by Gasteiger charge is 2.13. The average Bonchev–Trinajstić information content (AvgIpc) is 2.55. The van der Waals surface area contributed by atoms with Crippen LogP contribution in [-0.2, 0) is 0 Å². The van der Waals surface area contributed by atoms with Crippen molar-refractivity contribution in [2.24, 2.45) is 0 Å². The SMILES string of the molecule is CCCC(=O)n1c(=O)[nH]c2cc(N)c(C)cc21. The number of benzene rings is 1. The van der Waals surface area contributed by atoms with Crippen molar-refractivity contribution in [3.63, 3.8) is 0 Å². The molecular weight excluding hydrogens is 218 g/mol. The Balaban J connectivity index is 2.71. The predicted molar refractivity (Wildman–Crippen MR) is 67.2 cm³/mol. The third-order valence-electron chi connectivity index (χ3n) is 2.78. The number of aromatic nitrogens is 2. The zero-order valence-electron chi connectivity index (χ0n) is 9.91. The van der Waals surface area contributed by atoms with Crippen LogP contribution in [0.3, 0.4) is 0 Å². The molecule has 0 fully saturated rings. The molecule has 0 amide bonds. The summed E-state index contributed by atoms with van der Waals surface area (Å²) in [5, 5.41) is 0. The van der Waals surface area contributed by atoms with E-state index in [1.165, 1.54) is 4.57 Å². The van der Waals surface area contributed by atoms with E-state index in [0.717, 1.165) is 5.56 Å². The number of carbonyl (C=O) groups excluding carboxylic acids is 1. The first-order valence-electron chi connectivity index (χ1n) is 5.58. The highest BCUT2D eigenvalue weighted by molar-refractivity contribution is 5.91. The number of fused-ring (bicyclic) bond motifs is 1. The lowest BCUT2D eigenvalue weighted by Crippen LogP contribution is -2.23. The second kappa shape index (κ2) is 4.08. The molecule has 0 radical (unpaired) electrons. The quantitative estimate of drug-likeness (QED) is 0.774. The third kappa shape index (κ3) is 1.84. The fourth-order valence-electron chi connectivity index (χ4n) is 1.85. The van der Waals surface area contributed by atoms with E-state index in [9.17, 15) is 9.59 Å². The number of nitrogens with one attached hydrogen (secondary N) is 1. The van der Waals surface area contributed by atoms with Gasteiger partial charge < -0.3 is 10.7 Å². The number of hydrogen-bond donors (Lipinski definition) is 2. The molecule has 0 bridgehead atoms.